The Morgan fingerprint density at radius 1 is 1.26 bits per heavy atom. The van der Waals surface area contributed by atoms with E-state index in [0.717, 1.165) is 50.6 Å². The molecular formula is C18H26ClFN2O. The minimum atomic E-state index is -0.457. The third-order valence-electron chi connectivity index (χ3n) is 5.25. The largest absolute Gasteiger partial charge is 0.352 e. The van der Waals surface area contributed by atoms with Crippen LogP contribution in [0.2, 0.25) is 0 Å². The summed E-state index contributed by atoms with van der Waals surface area (Å²) in [6.45, 7) is 3.11. The molecule has 0 bridgehead atoms. The van der Waals surface area contributed by atoms with Gasteiger partial charge < -0.3 is 10.6 Å². The number of benzene rings is 1. The second-order valence-corrected chi connectivity index (χ2v) is 6.85. The zero-order valence-electron chi connectivity index (χ0n) is 13.6. The Bertz CT molecular complexity index is 528. The van der Waals surface area contributed by atoms with Gasteiger partial charge in [-0.25, -0.2) is 4.39 Å². The van der Waals surface area contributed by atoms with Crippen molar-refractivity contribution >= 4 is 18.3 Å². The van der Waals surface area contributed by atoms with Crippen molar-refractivity contribution in [3.63, 3.8) is 0 Å². The van der Waals surface area contributed by atoms with Crippen molar-refractivity contribution in [1.82, 2.24) is 10.6 Å². The number of carbonyl (C=O) groups excluding carboxylic acids is 1. The van der Waals surface area contributed by atoms with Crippen molar-refractivity contribution in [2.75, 3.05) is 6.54 Å². The topological polar surface area (TPSA) is 41.1 Å². The van der Waals surface area contributed by atoms with Crippen LogP contribution in [-0.4, -0.2) is 24.5 Å². The second-order valence-electron chi connectivity index (χ2n) is 6.85. The minimum absolute atomic E-state index is 0. The van der Waals surface area contributed by atoms with E-state index in [-0.39, 0.29) is 30.2 Å². The summed E-state index contributed by atoms with van der Waals surface area (Å²) in [6, 6.07) is 7.20. The normalized spacial score (nSPS) is 26.3. The fraction of sp³-hybridized carbons (Fsp3) is 0.611. The van der Waals surface area contributed by atoms with Gasteiger partial charge in [-0.2, -0.15) is 0 Å². The molecule has 2 aliphatic rings. The van der Waals surface area contributed by atoms with Crippen LogP contribution < -0.4 is 10.6 Å². The molecule has 1 aliphatic carbocycles. The van der Waals surface area contributed by atoms with Gasteiger partial charge in [0, 0.05) is 12.1 Å². The van der Waals surface area contributed by atoms with Crippen LogP contribution in [0.4, 0.5) is 4.39 Å². The first-order chi connectivity index (χ1) is 10.6. The van der Waals surface area contributed by atoms with Gasteiger partial charge >= 0.3 is 0 Å². The van der Waals surface area contributed by atoms with E-state index in [1.165, 1.54) is 12.1 Å². The maximum absolute atomic E-state index is 13.2. The smallest absolute Gasteiger partial charge is 0.230 e. The Labute approximate surface area is 143 Å². The second kappa shape index (κ2) is 7.63. The van der Waals surface area contributed by atoms with Gasteiger partial charge in [-0.3, -0.25) is 4.79 Å². The summed E-state index contributed by atoms with van der Waals surface area (Å²) in [7, 11) is 0. The van der Waals surface area contributed by atoms with Crippen LogP contribution in [-0.2, 0) is 10.2 Å². The van der Waals surface area contributed by atoms with Gasteiger partial charge in [0.1, 0.15) is 5.82 Å². The summed E-state index contributed by atoms with van der Waals surface area (Å²) in [5.41, 5.74) is 0.507. The third-order valence-corrected chi connectivity index (χ3v) is 5.25. The molecule has 1 amide bonds. The van der Waals surface area contributed by atoms with Gasteiger partial charge in [-0.1, -0.05) is 25.0 Å². The molecule has 5 heteroatoms. The van der Waals surface area contributed by atoms with E-state index >= 15 is 0 Å². The van der Waals surface area contributed by atoms with E-state index in [2.05, 4.69) is 17.6 Å². The number of hydrogen-bond donors (Lipinski definition) is 2. The number of nitrogens with one attached hydrogen (secondary N) is 2. The Hall–Kier alpha value is -1.13. The Morgan fingerprint density at radius 3 is 2.52 bits per heavy atom. The van der Waals surface area contributed by atoms with Crippen LogP contribution >= 0.6 is 12.4 Å². The summed E-state index contributed by atoms with van der Waals surface area (Å²) in [4.78, 5) is 13.0. The lowest BCUT2D eigenvalue weighted by Gasteiger charge is -2.34. The fourth-order valence-corrected chi connectivity index (χ4v) is 3.98. The number of rotatable bonds is 3. The summed E-state index contributed by atoms with van der Waals surface area (Å²) in [6.07, 6.45) is 5.82. The molecule has 1 saturated carbocycles. The van der Waals surface area contributed by atoms with Crippen molar-refractivity contribution in [2.24, 2.45) is 0 Å². The van der Waals surface area contributed by atoms with Crippen LogP contribution in [0.3, 0.4) is 0 Å². The lowest BCUT2D eigenvalue weighted by molar-refractivity contribution is -0.127. The van der Waals surface area contributed by atoms with Gasteiger partial charge in [0.25, 0.3) is 0 Å². The monoisotopic (exact) mass is 340 g/mol. The quantitative estimate of drug-likeness (QED) is 0.886. The molecule has 23 heavy (non-hydrogen) atoms. The number of piperidine rings is 1. The van der Waals surface area contributed by atoms with Crippen molar-refractivity contribution in [2.45, 2.75) is 62.9 Å². The van der Waals surface area contributed by atoms with Gasteiger partial charge in [0.15, 0.2) is 0 Å². The molecule has 128 valence electrons. The molecule has 1 heterocycles. The first-order valence-corrected chi connectivity index (χ1v) is 8.40. The van der Waals surface area contributed by atoms with Crippen LogP contribution in [0.15, 0.2) is 24.3 Å². The maximum Gasteiger partial charge on any atom is 0.230 e. The van der Waals surface area contributed by atoms with E-state index in [1.54, 1.807) is 12.1 Å². The zero-order valence-corrected chi connectivity index (χ0v) is 14.4. The van der Waals surface area contributed by atoms with E-state index in [9.17, 15) is 9.18 Å². The number of amides is 1. The molecule has 1 aromatic rings. The molecule has 2 N–H and O–H groups in total. The SMILES string of the molecule is CC1CC(NC(=O)C2(c3ccc(F)cc3)CCCC2)CCN1.Cl. The lowest BCUT2D eigenvalue weighted by atomic mass is 9.77. The Kier molecular flexibility index (Phi) is 6.04. The van der Waals surface area contributed by atoms with Crippen molar-refractivity contribution in [1.29, 1.82) is 0 Å². The minimum Gasteiger partial charge on any atom is -0.352 e. The third kappa shape index (κ3) is 3.86. The van der Waals surface area contributed by atoms with Crippen molar-refractivity contribution in [3.05, 3.63) is 35.6 Å². The van der Waals surface area contributed by atoms with Crippen LogP contribution in [0.5, 0.6) is 0 Å². The van der Waals surface area contributed by atoms with Gasteiger partial charge in [0.2, 0.25) is 5.91 Å². The van der Waals surface area contributed by atoms with Crippen LogP contribution in [0, 0.1) is 5.82 Å². The van der Waals surface area contributed by atoms with Crippen LogP contribution in [0.25, 0.3) is 0 Å². The molecule has 0 spiro atoms. The Morgan fingerprint density at radius 2 is 1.91 bits per heavy atom. The van der Waals surface area contributed by atoms with Gasteiger partial charge in [0.05, 0.1) is 5.41 Å². The molecule has 1 aliphatic heterocycles. The molecule has 3 nitrogen and oxygen atoms in total. The zero-order chi connectivity index (χ0) is 15.6. The van der Waals surface area contributed by atoms with Crippen molar-refractivity contribution < 1.29 is 9.18 Å². The molecular weight excluding hydrogens is 315 g/mol. The highest BCUT2D eigenvalue weighted by Crippen LogP contribution is 2.41. The number of halogens is 2. The molecule has 3 rings (SSSR count). The standard InChI is InChI=1S/C18H25FN2O.ClH/c1-13-12-16(8-11-20-13)21-17(22)18(9-2-3-10-18)14-4-6-15(19)7-5-14;/h4-7,13,16,20H,2-3,8-12H2,1H3,(H,21,22);1H. The molecule has 2 unspecified atom stereocenters. The highest BCUT2D eigenvalue weighted by atomic mass is 35.5. The summed E-state index contributed by atoms with van der Waals surface area (Å²) >= 11 is 0. The van der Waals surface area contributed by atoms with Crippen LogP contribution in [0.1, 0.15) is 51.0 Å². The van der Waals surface area contributed by atoms with Gasteiger partial charge in [-0.15, -0.1) is 12.4 Å². The van der Waals surface area contributed by atoms with Crippen molar-refractivity contribution in [3.8, 4) is 0 Å². The van der Waals surface area contributed by atoms with E-state index in [4.69, 9.17) is 0 Å². The molecule has 0 aromatic heterocycles. The molecule has 0 radical (unpaired) electrons. The number of carbonyl (C=O) groups is 1. The first-order valence-electron chi connectivity index (χ1n) is 8.40. The summed E-state index contributed by atoms with van der Waals surface area (Å²) < 4.78 is 13.2. The molecule has 2 fully saturated rings. The molecule has 1 aromatic carbocycles. The summed E-state index contributed by atoms with van der Waals surface area (Å²) in [5.74, 6) is -0.111. The summed E-state index contributed by atoms with van der Waals surface area (Å²) in [5, 5.41) is 6.68. The molecule has 1 saturated heterocycles. The maximum atomic E-state index is 13.2. The Balaban J connectivity index is 0.00000192. The number of hydrogen-bond acceptors (Lipinski definition) is 2. The average Bonchev–Trinajstić information content (AvgIpc) is 2.99. The fourth-order valence-electron chi connectivity index (χ4n) is 3.98. The highest BCUT2D eigenvalue weighted by Gasteiger charge is 2.43. The highest BCUT2D eigenvalue weighted by molar-refractivity contribution is 5.88. The van der Waals surface area contributed by atoms with E-state index in [0.29, 0.717) is 6.04 Å². The predicted molar refractivity (Wildman–Crippen MR) is 92.4 cm³/mol. The molecule has 2 atom stereocenters. The first kappa shape index (κ1) is 18.2. The predicted octanol–water partition coefficient (Wildman–Crippen LogP) is 3.32. The lowest BCUT2D eigenvalue weighted by Crippen LogP contribution is -2.51. The average molecular weight is 341 g/mol. The van der Waals surface area contributed by atoms with E-state index in [1.807, 2.05) is 0 Å². The van der Waals surface area contributed by atoms with E-state index < -0.39 is 5.41 Å². The van der Waals surface area contributed by atoms with Gasteiger partial charge in [-0.05, 0) is 56.8 Å².